The smallest absolute Gasteiger partial charge is 0.0614 e. The predicted octanol–water partition coefficient (Wildman–Crippen LogP) is 3.58. The van der Waals surface area contributed by atoms with Crippen molar-refractivity contribution in [2.45, 2.75) is 13.8 Å². The number of hydrogen-bond acceptors (Lipinski definition) is 1. The summed E-state index contributed by atoms with van der Waals surface area (Å²) < 4.78 is 0. The first-order chi connectivity index (χ1) is 6.74. The molecular formula is C13H15N. The molecule has 0 aliphatic carbocycles. The van der Waals surface area contributed by atoms with Crippen LogP contribution in [0.15, 0.2) is 54.1 Å². The van der Waals surface area contributed by atoms with Gasteiger partial charge in [-0.05, 0) is 31.1 Å². The molecule has 0 fully saturated rings. The molecule has 1 aromatic carbocycles. The minimum absolute atomic E-state index is 0.557. The van der Waals surface area contributed by atoms with E-state index >= 15 is 0 Å². The van der Waals surface area contributed by atoms with Crippen LogP contribution in [0.2, 0.25) is 0 Å². The molecule has 0 aliphatic heterocycles. The van der Waals surface area contributed by atoms with Crippen molar-refractivity contribution in [1.29, 1.82) is 5.41 Å². The summed E-state index contributed by atoms with van der Waals surface area (Å²) in [5.41, 5.74) is 2.61. The summed E-state index contributed by atoms with van der Waals surface area (Å²) >= 11 is 0. The van der Waals surface area contributed by atoms with Crippen LogP contribution in [-0.4, -0.2) is 5.71 Å². The van der Waals surface area contributed by atoms with E-state index in [4.69, 9.17) is 5.41 Å². The van der Waals surface area contributed by atoms with E-state index in [1.165, 1.54) is 0 Å². The molecule has 0 saturated carbocycles. The molecular weight excluding hydrogens is 170 g/mol. The second-order valence-electron chi connectivity index (χ2n) is 3.17. The van der Waals surface area contributed by atoms with Gasteiger partial charge in [0.05, 0.1) is 5.71 Å². The van der Waals surface area contributed by atoms with E-state index in [1.807, 2.05) is 62.4 Å². The summed E-state index contributed by atoms with van der Waals surface area (Å²) in [6, 6.07) is 9.74. The van der Waals surface area contributed by atoms with E-state index in [-0.39, 0.29) is 0 Å². The summed E-state index contributed by atoms with van der Waals surface area (Å²) in [4.78, 5) is 0. The molecule has 0 saturated heterocycles. The molecule has 72 valence electrons. The summed E-state index contributed by atoms with van der Waals surface area (Å²) in [6.45, 7) is 3.97. The van der Waals surface area contributed by atoms with Gasteiger partial charge >= 0.3 is 0 Å². The zero-order valence-corrected chi connectivity index (χ0v) is 8.62. The van der Waals surface area contributed by atoms with Crippen LogP contribution in [0.25, 0.3) is 0 Å². The molecule has 0 heterocycles. The monoisotopic (exact) mass is 185 g/mol. The number of hydrogen-bond donors (Lipinski definition) is 1. The molecule has 0 bridgehead atoms. The fourth-order valence-electron chi connectivity index (χ4n) is 1.24. The Morgan fingerprint density at radius 2 is 1.86 bits per heavy atom. The summed E-state index contributed by atoms with van der Waals surface area (Å²) in [5.74, 6) is 0. The van der Waals surface area contributed by atoms with Crippen molar-refractivity contribution in [2.75, 3.05) is 0 Å². The van der Waals surface area contributed by atoms with E-state index < -0.39 is 0 Å². The summed E-state index contributed by atoms with van der Waals surface area (Å²) in [5, 5.41) is 7.83. The van der Waals surface area contributed by atoms with Crippen molar-refractivity contribution in [3.8, 4) is 0 Å². The van der Waals surface area contributed by atoms with E-state index in [2.05, 4.69) is 0 Å². The molecule has 1 heteroatoms. The minimum Gasteiger partial charge on any atom is -0.300 e. The van der Waals surface area contributed by atoms with Gasteiger partial charge < -0.3 is 5.41 Å². The van der Waals surface area contributed by atoms with E-state index in [9.17, 15) is 0 Å². The molecule has 1 N–H and O–H groups in total. The van der Waals surface area contributed by atoms with Crippen LogP contribution >= 0.6 is 0 Å². The minimum atomic E-state index is 0.557. The quantitative estimate of drug-likeness (QED) is 0.550. The van der Waals surface area contributed by atoms with Gasteiger partial charge in [0.25, 0.3) is 0 Å². The zero-order valence-electron chi connectivity index (χ0n) is 8.62. The van der Waals surface area contributed by atoms with Crippen molar-refractivity contribution >= 4 is 5.71 Å². The fourth-order valence-corrected chi connectivity index (χ4v) is 1.24. The Morgan fingerprint density at radius 3 is 2.43 bits per heavy atom. The standard InChI is InChI=1S/C13H15N/c1-3-7-11(2)10-13(14)12-8-5-4-6-9-12/h3-10,14H,1-2H3/b7-3+,11-10-,14-13?. The number of allylic oxidation sites excluding steroid dienone is 4. The first kappa shape index (κ1) is 10.5. The van der Waals surface area contributed by atoms with Crippen LogP contribution < -0.4 is 0 Å². The third kappa shape index (κ3) is 3.02. The van der Waals surface area contributed by atoms with E-state index in [0.717, 1.165) is 11.1 Å². The average molecular weight is 185 g/mol. The van der Waals surface area contributed by atoms with Gasteiger partial charge in [0.15, 0.2) is 0 Å². The van der Waals surface area contributed by atoms with E-state index in [1.54, 1.807) is 0 Å². The molecule has 0 unspecified atom stereocenters. The normalized spacial score (nSPS) is 12.0. The predicted molar refractivity (Wildman–Crippen MR) is 61.8 cm³/mol. The highest BCUT2D eigenvalue weighted by Crippen LogP contribution is 2.04. The van der Waals surface area contributed by atoms with Crippen LogP contribution in [0.4, 0.5) is 0 Å². The molecule has 0 radical (unpaired) electrons. The Hall–Kier alpha value is -1.63. The Bertz CT molecular complexity index is 358. The Balaban J connectivity index is 2.83. The third-order valence-electron chi connectivity index (χ3n) is 1.89. The lowest BCUT2D eigenvalue weighted by Gasteiger charge is -1.98. The molecule has 1 aromatic rings. The van der Waals surface area contributed by atoms with Gasteiger partial charge in [-0.3, -0.25) is 0 Å². The van der Waals surface area contributed by atoms with Crippen molar-refractivity contribution in [1.82, 2.24) is 0 Å². The van der Waals surface area contributed by atoms with Gasteiger partial charge in [-0.15, -0.1) is 0 Å². The number of rotatable bonds is 3. The maximum Gasteiger partial charge on any atom is 0.0614 e. The molecule has 14 heavy (non-hydrogen) atoms. The van der Waals surface area contributed by atoms with Crippen molar-refractivity contribution in [2.24, 2.45) is 0 Å². The summed E-state index contributed by atoms with van der Waals surface area (Å²) in [7, 11) is 0. The fraction of sp³-hybridized carbons (Fsp3) is 0.154. The first-order valence-corrected chi connectivity index (χ1v) is 4.69. The highest BCUT2D eigenvalue weighted by atomic mass is 14.4. The Labute approximate surface area is 85.3 Å². The van der Waals surface area contributed by atoms with Crippen LogP contribution in [0, 0.1) is 5.41 Å². The maximum absolute atomic E-state index is 7.83. The first-order valence-electron chi connectivity index (χ1n) is 4.69. The highest BCUT2D eigenvalue weighted by molar-refractivity contribution is 6.06. The molecule has 0 amide bonds. The zero-order chi connectivity index (χ0) is 10.4. The lowest BCUT2D eigenvalue weighted by molar-refractivity contribution is 1.45. The van der Waals surface area contributed by atoms with Gasteiger partial charge in [0.2, 0.25) is 0 Å². The number of nitrogens with one attached hydrogen (secondary N) is 1. The van der Waals surface area contributed by atoms with Gasteiger partial charge in [-0.25, -0.2) is 0 Å². The van der Waals surface area contributed by atoms with Crippen LogP contribution in [-0.2, 0) is 0 Å². The van der Waals surface area contributed by atoms with E-state index in [0.29, 0.717) is 5.71 Å². The van der Waals surface area contributed by atoms with Crippen LogP contribution in [0.5, 0.6) is 0 Å². The number of benzene rings is 1. The lowest BCUT2D eigenvalue weighted by atomic mass is 10.1. The topological polar surface area (TPSA) is 23.9 Å². The van der Waals surface area contributed by atoms with Crippen LogP contribution in [0.1, 0.15) is 19.4 Å². The molecule has 0 aliphatic rings. The molecule has 0 aromatic heterocycles. The Morgan fingerprint density at radius 1 is 1.21 bits per heavy atom. The Kier molecular flexibility index (Phi) is 3.86. The van der Waals surface area contributed by atoms with Gasteiger partial charge in [0, 0.05) is 0 Å². The van der Waals surface area contributed by atoms with Crippen molar-refractivity contribution in [3.63, 3.8) is 0 Å². The maximum atomic E-state index is 7.83. The molecule has 1 nitrogen and oxygen atoms in total. The van der Waals surface area contributed by atoms with Gasteiger partial charge in [-0.1, -0.05) is 42.5 Å². The molecule has 1 rings (SSSR count). The molecule has 0 atom stereocenters. The third-order valence-corrected chi connectivity index (χ3v) is 1.89. The second-order valence-corrected chi connectivity index (χ2v) is 3.17. The van der Waals surface area contributed by atoms with Crippen LogP contribution in [0.3, 0.4) is 0 Å². The SMILES string of the molecule is C/C=C/C(C)=C\C(=N)c1ccccc1. The largest absolute Gasteiger partial charge is 0.300 e. The van der Waals surface area contributed by atoms with Crippen molar-refractivity contribution < 1.29 is 0 Å². The lowest BCUT2D eigenvalue weighted by Crippen LogP contribution is -1.94. The summed E-state index contributed by atoms with van der Waals surface area (Å²) in [6.07, 6.45) is 5.84. The van der Waals surface area contributed by atoms with Gasteiger partial charge in [0.1, 0.15) is 0 Å². The van der Waals surface area contributed by atoms with Gasteiger partial charge in [-0.2, -0.15) is 0 Å². The highest BCUT2D eigenvalue weighted by Gasteiger charge is 1.95. The molecule has 0 spiro atoms. The second kappa shape index (κ2) is 5.18. The average Bonchev–Trinajstić information content (AvgIpc) is 2.19. The van der Waals surface area contributed by atoms with Crippen molar-refractivity contribution in [3.05, 3.63) is 59.7 Å².